The van der Waals surface area contributed by atoms with Crippen molar-refractivity contribution < 1.29 is 0 Å². The van der Waals surface area contributed by atoms with Gasteiger partial charge >= 0.3 is 105 Å². The van der Waals surface area contributed by atoms with Gasteiger partial charge in [-0.25, -0.2) is 0 Å². The largest absolute Gasteiger partial charge is 0.344 e. The molecular formula is C16H24NP. The van der Waals surface area contributed by atoms with E-state index in [2.05, 4.69) is 74.5 Å². The zero-order valence-corrected chi connectivity index (χ0v) is 12.4. The maximum Gasteiger partial charge on any atom is -0.344 e. The Morgan fingerprint density at radius 1 is 0.667 bits per heavy atom. The summed E-state index contributed by atoms with van der Waals surface area (Å²) in [6.45, 7) is 4.69. The van der Waals surface area contributed by atoms with E-state index >= 15 is 0 Å². The molecule has 0 aromatic heterocycles. The quantitative estimate of drug-likeness (QED) is 0.839. The van der Waals surface area contributed by atoms with E-state index in [4.69, 9.17) is 0 Å². The van der Waals surface area contributed by atoms with Crippen molar-refractivity contribution in [2.45, 2.75) is 13.8 Å². The van der Waals surface area contributed by atoms with Crippen molar-refractivity contribution >= 4 is 17.9 Å². The van der Waals surface area contributed by atoms with Gasteiger partial charge in [0, 0.05) is 0 Å². The van der Waals surface area contributed by atoms with Crippen molar-refractivity contribution in [1.29, 1.82) is 0 Å². The molecule has 2 aromatic rings. The topological polar surface area (TPSA) is 35.0 Å². The van der Waals surface area contributed by atoms with Crippen molar-refractivity contribution in [2.75, 3.05) is 12.3 Å². The molecule has 2 heteroatoms. The Morgan fingerprint density at radius 3 is 1.28 bits per heavy atom. The molecule has 0 aliphatic heterocycles. The van der Waals surface area contributed by atoms with E-state index in [1.54, 1.807) is 10.6 Å². The Bertz CT molecular complexity index is 408. The van der Waals surface area contributed by atoms with Crippen LogP contribution in [0.2, 0.25) is 0 Å². The fourth-order valence-electron chi connectivity index (χ4n) is 2.75. The van der Waals surface area contributed by atoms with Gasteiger partial charge in [0.15, 0.2) is 0 Å². The van der Waals surface area contributed by atoms with Crippen LogP contribution in [0.25, 0.3) is 0 Å². The maximum atomic E-state index is 2.34. The van der Waals surface area contributed by atoms with Gasteiger partial charge in [-0.2, -0.15) is 0 Å². The van der Waals surface area contributed by atoms with Crippen LogP contribution in [-0.2, 0) is 0 Å². The third kappa shape index (κ3) is 2.63. The Kier molecular flexibility index (Phi) is 5.53. The maximum absolute atomic E-state index is 2.34. The first kappa shape index (κ1) is 14.9. The van der Waals surface area contributed by atoms with Crippen LogP contribution in [0.15, 0.2) is 60.7 Å². The summed E-state index contributed by atoms with van der Waals surface area (Å²) in [4.78, 5) is 0. The molecule has 0 spiro atoms. The van der Waals surface area contributed by atoms with E-state index in [1.807, 2.05) is 0 Å². The molecule has 0 aliphatic carbocycles. The van der Waals surface area contributed by atoms with Crippen LogP contribution >= 0.6 is 7.26 Å². The zero-order chi connectivity index (χ0) is 12.1. The molecule has 98 valence electrons. The molecule has 3 N–H and O–H groups in total. The van der Waals surface area contributed by atoms with Gasteiger partial charge in [-0.15, -0.1) is 0 Å². The Labute approximate surface area is 111 Å². The predicted molar refractivity (Wildman–Crippen MR) is 86.6 cm³/mol. The molecule has 0 aliphatic rings. The molecule has 2 rings (SSSR count). The Balaban J connectivity index is 0.00000162. The number of hydrogen-bond acceptors (Lipinski definition) is 1. The van der Waals surface area contributed by atoms with Gasteiger partial charge in [0.05, 0.1) is 0 Å². The van der Waals surface area contributed by atoms with Crippen LogP contribution in [0.3, 0.4) is 0 Å². The molecule has 1 nitrogen and oxygen atoms in total. The summed E-state index contributed by atoms with van der Waals surface area (Å²) in [5.41, 5.74) is 0. The number of hydrogen-bond donors (Lipinski definition) is 1. The molecule has 2 aromatic carbocycles. The second-order valence-electron chi connectivity index (χ2n) is 4.52. The smallest absolute Gasteiger partial charge is 0.344 e. The summed E-state index contributed by atoms with van der Waals surface area (Å²) in [6, 6.07) is 22.2. The van der Waals surface area contributed by atoms with E-state index in [9.17, 15) is 0 Å². The average molecular weight is 261 g/mol. The summed E-state index contributed by atoms with van der Waals surface area (Å²) in [6.07, 6.45) is 2.55. The van der Waals surface area contributed by atoms with Crippen LogP contribution in [0.5, 0.6) is 0 Å². The minimum Gasteiger partial charge on any atom is -0.344 e. The standard InChI is InChI=1S/C16H21P.H3N/c1-3-17(4-2,15-11-7-5-8-12-15)16-13-9-6-10-14-16;/h5-14,17H,3-4H2,1-2H3;1H3. The average Bonchev–Trinajstić information content (AvgIpc) is 2.43. The second-order valence-corrected chi connectivity index (χ2v) is 9.25. The normalized spacial score (nSPS) is 11.7. The third-order valence-electron chi connectivity index (χ3n) is 3.86. The minimum atomic E-state index is -1.50. The Morgan fingerprint density at radius 2 is 1.00 bits per heavy atom. The van der Waals surface area contributed by atoms with Crippen LogP contribution < -0.4 is 16.8 Å². The summed E-state index contributed by atoms with van der Waals surface area (Å²) in [5.74, 6) is 0. The van der Waals surface area contributed by atoms with E-state index < -0.39 is 7.26 Å². The van der Waals surface area contributed by atoms with Crippen LogP contribution in [-0.4, -0.2) is 12.3 Å². The van der Waals surface area contributed by atoms with Crippen molar-refractivity contribution in [2.24, 2.45) is 0 Å². The van der Waals surface area contributed by atoms with Crippen LogP contribution in [0.4, 0.5) is 0 Å². The van der Waals surface area contributed by atoms with Crippen molar-refractivity contribution in [3.63, 3.8) is 0 Å². The molecule has 0 radical (unpaired) electrons. The first-order valence-electron chi connectivity index (χ1n) is 6.44. The summed E-state index contributed by atoms with van der Waals surface area (Å²) in [7, 11) is -1.50. The fourth-order valence-corrected chi connectivity index (χ4v) is 6.87. The summed E-state index contributed by atoms with van der Waals surface area (Å²) in [5, 5.41) is 3.13. The first-order valence-corrected chi connectivity index (χ1v) is 8.86. The molecular weight excluding hydrogens is 237 g/mol. The Hall–Kier alpha value is -1.17. The molecule has 0 heterocycles. The summed E-state index contributed by atoms with van der Waals surface area (Å²) < 4.78 is 0. The van der Waals surface area contributed by atoms with Crippen LogP contribution in [0.1, 0.15) is 13.8 Å². The number of rotatable bonds is 4. The minimum absolute atomic E-state index is 0. The van der Waals surface area contributed by atoms with Gasteiger partial charge in [-0.3, -0.25) is 0 Å². The van der Waals surface area contributed by atoms with Crippen LogP contribution in [0, 0.1) is 0 Å². The second kappa shape index (κ2) is 6.68. The molecule has 0 unspecified atom stereocenters. The van der Waals surface area contributed by atoms with Gasteiger partial charge in [0.25, 0.3) is 0 Å². The molecule has 0 atom stereocenters. The molecule has 0 saturated carbocycles. The zero-order valence-electron chi connectivity index (χ0n) is 11.4. The van der Waals surface area contributed by atoms with Crippen molar-refractivity contribution in [3.8, 4) is 0 Å². The third-order valence-corrected chi connectivity index (χ3v) is 9.15. The van der Waals surface area contributed by atoms with Crippen molar-refractivity contribution in [3.05, 3.63) is 60.7 Å². The predicted octanol–water partition coefficient (Wildman–Crippen LogP) is 3.59. The van der Waals surface area contributed by atoms with Gasteiger partial charge in [0.2, 0.25) is 0 Å². The van der Waals surface area contributed by atoms with E-state index in [0.717, 1.165) is 0 Å². The molecule has 0 fully saturated rings. The van der Waals surface area contributed by atoms with Gasteiger partial charge in [-0.1, -0.05) is 0 Å². The van der Waals surface area contributed by atoms with Gasteiger partial charge in [-0.05, 0) is 0 Å². The number of benzene rings is 2. The fraction of sp³-hybridized carbons (Fsp3) is 0.250. The van der Waals surface area contributed by atoms with Gasteiger partial charge in [0.1, 0.15) is 0 Å². The molecule has 18 heavy (non-hydrogen) atoms. The molecule has 0 bridgehead atoms. The molecule has 0 saturated heterocycles. The van der Waals surface area contributed by atoms with E-state index in [0.29, 0.717) is 0 Å². The SMILES string of the molecule is CC[PH](CC)(c1ccccc1)c1ccccc1.N. The summed E-state index contributed by atoms with van der Waals surface area (Å²) >= 11 is 0. The van der Waals surface area contributed by atoms with E-state index in [1.165, 1.54) is 12.3 Å². The van der Waals surface area contributed by atoms with Gasteiger partial charge < -0.3 is 6.15 Å². The van der Waals surface area contributed by atoms with Crippen molar-refractivity contribution in [1.82, 2.24) is 6.15 Å². The monoisotopic (exact) mass is 261 g/mol. The first-order chi connectivity index (χ1) is 8.33. The van der Waals surface area contributed by atoms with E-state index in [-0.39, 0.29) is 6.15 Å². The molecule has 0 amide bonds.